The molecule has 0 radical (unpaired) electrons. The Bertz CT molecular complexity index is 1290. The van der Waals surface area contributed by atoms with E-state index < -0.39 is 0 Å². The van der Waals surface area contributed by atoms with E-state index in [1.807, 2.05) is 72.5 Å². The summed E-state index contributed by atoms with van der Waals surface area (Å²) < 4.78 is 6.37. The fourth-order valence-corrected chi connectivity index (χ4v) is 4.62. The van der Waals surface area contributed by atoms with Gasteiger partial charge in [-0.05, 0) is 67.2 Å². The van der Waals surface area contributed by atoms with E-state index in [2.05, 4.69) is 10.3 Å². The van der Waals surface area contributed by atoms with E-state index in [4.69, 9.17) is 28.2 Å². The molecule has 1 saturated heterocycles. The van der Waals surface area contributed by atoms with Crippen molar-refractivity contribution in [3.8, 4) is 17.1 Å². The maximum Gasteiger partial charge on any atom is 0.174 e. The number of benzene rings is 2. The fourth-order valence-electron chi connectivity index (χ4n) is 4.10. The van der Waals surface area contributed by atoms with Crippen LogP contribution in [0.25, 0.3) is 11.3 Å². The molecule has 0 saturated carbocycles. The number of rotatable bonds is 4. The molecular weight excluding hydrogens is 442 g/mol. The number of thiocarbonyl (C=S) groups is 1. The number of aromatic hydroxyl groups is 1. The second-order valence-corrected chi connectivity index (χ2v) is 8.39. The van der Waals surface area contributed by atoms with Gasteiger partial charge in [0.25, 0.3) is 0 Å². The first-order chi connectivity index (χ1) is 15.5. The standard InChI is InChI=1S/C25H20ClN3O2S/c1-15-16(7-6-8-17(15)26)21-12-13-22(31-21)24-23(18-9-4-5-14-27-18)28-25(32)29(24)19-10-2-3-11-20(19)30/h2-14,23-24,30H,1H3,(H,28,32)/t23-,24+/m1/s1. The van der Waals surface area contributed by atoms with E-state index in [-0.39, 0.29) is 17.8 Å². The zero-order valence-electron chi connectivity index (χ0n) is 17.2. The van der Waals surface area contributed by atoms with E-state index in [0.29, 0.717) is 21.6 Å². The minimum Gasteiger partial charge on any atom is -0.506 e. The van der Waals surface area contributed by atoms with Crippen LogP contribution in [0.1, 0.15) is 29.1 Å². The topological polar surface area (TPSA) is 61.5 Å². The summed E-state index contributed by atoms with van der Waals surface area (Å²) in [6, 6.07) is 21.9. The number of hydrogen-bond donors (Lipinski definition) is 2. The normalized spacial score (nSPS) is 18.1. The number of phenolic OH excluding ortho intramolecular Hbond substituents is 1. The predicted octanol–water partition coefficient (Wildman–Crippen LogP) is 6.19. The smallest absolute Gasteiger partial charge is 0.174 e. The molecule has 0 aliphatic carbocycles. The molecule has 0 bridgehead atoms. The molecule has 4 aromatic rings. The molecular formula is C25H20ClN3O2S. The third-order valence-electron chi connectivity index (χ3n) is 5.69. The number of aromatic nitrogens is 1. The highest BCUT2D eigenvalue weighted by Gasteiger charge is 2.43. The monoisotopic (exact) mass is 461 g/mol. The van der Waals surface area contributed by atoms with Gasteiger partial charge in [-0.25, -0.2) is 0 Å². The van der Waals surface area contributed by atoms with E-state index >= 15 is 0 Å². The van der Waals surface area contributed by atoms with Gasteiger partial charge in [-0.2, -0.15) is 0 Å². The molecule has 2 aromatic heterocycles. The van der Waals surface area contributed by atoms with Crippen LogP contribution in [-0.2, 0) is 0 Å². The Labute approximate surface area is 196 Å². The lowest BCUT2D eigenvalue weighted by atomic mass is 10.0. The summed E-state index contributed by atoms with van der Waals surface area (Å²) in [6.45, 7) is 1.97. The molecule has 5 rings (SSSR count). The van der Waals surface area contributed by atoms with Crippen LogP contribution in [0, 0.1) is 6.92 Å². The summed E-state index contributed by atoms with van der Waals surface area (Å²) in [5, 5.41) is 15.1. The highest BCUT2D eigenvalue weighted by Crippen LogP contribution is 2.45. The largest absolute Gasteiger partial charge is 0.506 e. The molecule has 2 N–H and O–H groups in total. The molecule has 0 spiro atoms. The number of furan rings is 1. The molecule has 3 heterocycles. The van der Waals surface area contributed by atoms with Crippen LogP contribution in [0.4, 0.5) is 5.69 Å². The third-order valence-corrected chi connectivity index (χ3v) is 6.41. The van der Waals surface area contributed by atoms with E-state index in [1.54, 1.807) is 18.3 Å². The average Bonchev–Trinajstić information content (AvgIpc) is 3.41. The first-order valence-corrected chi connectivity index (χ1v) is 11.0. The van der Waals surface area contributed by atoms with Crippen LogP contribution < -0.4 is 10.2 Å². The maximum atomic E-state index is 10.6. The summed E-state index contributed by atoms with van der Waals surface area (Å²) in [7, 11) is 0. The summed E-state index contributed by atoms with van der Waals surface area (Å²) in [5.74, 6) is 1.56. The quantitative estimate of drug-likeness (QED) is 0.353. The zero-order chi connectivity index (χ0) is 22.2. The van der Waals surface area contributed by atoms with Crippen LogP contribution in [0.3, 0.4) is 0 Å². The second kappa shape index (κ2) is 8.30. The van der Waals surface area contributed by atoms with Gasteiger partial charge in [0.1, 0.15) is 23.3 Å². The SMILES string of the molecule is Cc1c(Cl)cccc1-c1ccc([C@H]2[C@@H](c3ccccn3)NC(=S)N2c2ccccc2O)o1. The Morgan fingerprint density at radius 3 is 2.62 bits per heavy atom. The van der Waals surface area contributed by atoms with Gasteiger partial charge in [0, 0.05) is 16.8 Å². The zero-order valence-corrected chi connectivity index (χ0v) is 18.8. The summed E-state index contributed by atoms with van der Waals surface area (Å²) in [4.78, 5) is 6.43. The summed E-state index contributed by atoms with van der Waals surface area (Å²) in [5.41, 5.74) is 3.31. The Kier molecular flexibility index (Phi) is 5.33. The van der Waals surface area contributed by atoms with Crippen molar-refractivity contribution in [3.63, 3.8) is 0 Å². The number of anilines is 1. The molecule has 7 heteroatoms. The van der Waals surface area contributed by atoms with E-state index in [9.17, 15) is 5.11 Å². The molecule has 2 atom stereocenters. The van der Waals surface area contributed by atoms with Crippen molar-refractivity contribution in [1.82, 2.24) is 10.3 Å². The Morgan fingerprint density at radius 2 is 1.84 bits per heavy atom. The van der Waals surface area contributed by atoms with Crippen molar-refractivity contribution in [2.75, 3.05) is 4.90 Å². The number of pyridine rings is 1. The average molecular weight is 462 g/mol. The molecule has 5 nitrogen and oxygen atoms in total. The van der Waals surface area contributed by atoms with Crippen LogP contribution >= 0.6 is 23.8 Å². The summed E-state index contributed by atoms with van der Waals surface area (Å²) in [6.07, 6.45) is 1.75. The minimum atomic E-state index is -0.348. The molecule has 160 valence electrons. The van der Waals surface area contributed by atoms with Crippen molar-refractivity contribution in [2.24, 2.45) is 0 Å². The number of para-hydroxylation sites is 2. The van der Waals surface area contributed by atoms with Crippen LogP contribution in [0.5, 0.6) is 5.75 Å². The van der Waals surface area contributed by atoms with Crippen LogP contribution in [-0.4, -0.2) is 15.2 Å². The Hall–Kier alpha value is -3.35. The van der Waals surface area contributed by atoms with Crippen molar-refractivity contribution in [3.05, 3.63) is 101 Å². The van der Waals surface area contributed by atoms with Crippen molar-refractivity contribution in [2.45, 2.75) is 19.0 Å². The van der Waals surface area contributed by atoms with Gasteiger partial charge < -0.3 is 19.7 Å². The number of hydrogen-bond acceptors (Lipinski definition) is 4. The molecule has 1 aliphatic rings. The lowest BCUT2D eigenvalue weighted by molar-refractivity contribution is 0.434. The highest BCUT2D eigenvalue weighted by atomic mass is 35.5. The van der Waals surface area contributed by atoms with E-state index in [1.165, 1.54) is 0 Å². The van der Waals surface area contributed by atoms with Gasteiger partial charge in [-0.15, -0.1) is 0 Å². The minimum absolute atomic E-state index is 0.140. The van der Waals surface area contributed by atoms with Gasteiger partial charge in [0.15, 0.2) is 5.11 Å². The first-order valence-electron chi connectivity index (χ1n) is 10.2. The van der Waals surface area contributed by atoms with Crippen molar-refractivity contribution in [1.29, 1.82) is 0 Å². The maximum absolute atomic E-state index is 10.6. The van der Waals surface area contributed by atoms with Gasteiger partial charge in [-0.3, -0.25) is 4.98 Å². The van der Waals surface area contributed by atoms with Gasteiger partial charge >= 0.3 is 0 Å². The van der Waals surface area contributed by atoms with E-state index in [0.717, 1.165) is 22.6 Å². The molecule has 1 fully saturated rings. The molecule has 0 unspecified atom stereocenters. The summed E-state index contributed by atoms with van der Waals surface area (Å²) >= 11 is 12.0. The van der Waals surface area contributed by atoms with Gasteiger partial charge in [0.2, 0.25) is 0 Å². The predicted molar refractivity (Wildman–Crippen MR) is 130 cm³/mol. The van der Waals surface area contributed by atoms with Crippen LogP contribution in [0.15, 0.2) is 83.4 Å². The van der Waals surface area contributed by atoms with Crippen LogP contribution in [0.2, 0.25) is 5.02 Å². The number of phenols is 1. The van der Waals surface area contributed by atoms with Crippen molar-refractivity contribution < 1.29 is 9.52 Å². The number of nitrogens with zero attached hydrogens (tertiary/aromatic N) is 2. The molecule has 2 aromatic carbocycles. The first kappa shape index (κ1) is 20.5. The number of halogens is 1. The third kappa shape index (κ3) is 3.51. The highest BCUT2D eigenvalue weighted by molar-refractivity contribution is 7.80. The molecule has 32 heavy (non-hydrogen) atoms. The molecule has 1 aliphatic heterocycles. The van der Waals surface area contributed by atoms with Gasteiger partial charge in [0.05, 0.1) is 17.4 Å². The molecule has 0 amide bonds. The lowest BCUT2D eigenvalue weighted by Gasteiger charge is -2.26. The Balaban J connectivity index is 1.63. The number of nitrogens with one attached hydrogen (secondary N) is 1. The fraction of sp³-hybridized carbons (Fsp3) is 0.120. The lowest BCUT2D eigenvalue weighted by Crippen LogP contribution is -2.29. The Morgan fingerprint density at radius 1 is 1.03 bits per heavy atom. The van der Waals surface area contributed by atoms with Crippen molar-refractivity contribution >= 4 is 34.6 Å². The second-order valence-electron chi connectivity index (χ2n) is 7.60. The van der Waals surface area contributed by atoms with Gasteiger partial charge in [-0.1, -0.05) is 41.9 Å².